The number of hydrogen-bond acceptors (Lipinski definition) is 4. The minimum Gasteiger partial charge on any atom is -0.492 e. The molecule has 25 heavy (non-hydrogen) atoms. The van der Waals surface area contributed by atoms with Crippen LogP contribution >= 0.6 is 0 Å². The van der Waals surface area contributed by atoms with E-state index in [0.29, 0.717) is 6.42 Å². The van der Waals surface area contributed by atoms with Crippen molar-refractivity contribution in [3.8, 4) is 0 Å². The highest BCUT2D eigenvalue weighted by Gasteiger charge is 2.60. The van der Waals surface area contributed by atoms with Crippen molar-refractivity contribution in [3.05, 3.63) is 24.0 Å². The minimum absolute atomic E-state index is 0.127. The molecule has 0 saturated carbocycles. The quantitative estimate of drug-likeness (QED) is 0.466. The predicted octanol–water partition coefficient (Wildman–Crippen LogP) is 3.42. The zero-order chi connectivity index (χ0) is 17.8. The molecular formula is C20H30O5. The van der Waals surface area contributed by atoms with Crippen molar-refractivity contribution in [2.75, 3.05) is 0 Å². The molecular weight excluding hydrogens is 320 g/mol. The highest BCUT2D eigenvalue weighted by molar-refractivity contribution is 5.66. The summed E-state index contributed by atoms with van der Waals surface area (Å²) < 4.78 is 12.1. The molecule has 3 rings (SSSR count). The number of carbonyl (C=O) groups is 1. The third kappa shape index (κ3) is 4.26. The van der Waals surface area contributed by atoms with Gasteiger partial charge in [0.1, 0.15) is 12.2 Å². The first-order valence-corrected chi connectivity index (χ1v) is 9.70. The van der Waals surface area contributed by atoms with Crippen LogP contribution in [0.3, 0.4) is 0 Å². The van der Waals surface area contributed by atoms with Gasteiger partial charge in [0.2, 0.25) is 0 Å². The number of fused-ring (bicyclic) bond motifs is 1. The first kappa shape index (κ1) is 18.5. The molecule has 0 spiro atoms. The molecule has 5 nitrogen and oxygen atoms in total. The van der Waals surface area contributed by atoms with E-state index < -0.39 is 5.97 Å². The van der Waals surface area contributed by atoms with Gasteiger partial charge < -0.3 is 19.7 Å². The van der Waals surface area contributed by atoms with Gasteiger partial charge in [0.25, 0.3) is 0 Å². The highest BCUT2D eigenvalue weighted by Crippen LogP contribution is 2.54. The molecule has 0 aliphatic carbocycles. The standard InChI is InChI=1S/C20H30O5/c1-2-3-4-7-13(21)10-11-14-16-12-17-20(25-16)19(14)15(24-17)8-5-6-9-18(22)23/h8,10-11,13-14,16-17,19-21H,2-7,9,12H2,1H3,(H,22,23)/t13-,14-,16+,17+,19+,20-/m1/s1. The number of unbranched alkanes of at least 4 members (excludes halogenated alkanes) is 3. The molecule has 0 aromatic rings. The summed E-state index contributed by atoms with van der Waals surface area (Å²) in [6, 6.07) is 0. The summed E-state index contributed by atoms with van der Waals surface area (Å²) in [5.74, 6) is 0.700. The second kappa shape index (κ2) is 8.37. The lowest BCUT2D eigenvalue weighted by atomic mass is 9.78. The lowest BCUT2D eigenvalue weighted by Gasteiger charge is -2.19. The lowest BCUT2D eigenvalue weighted by molar-refractivity contribution is -0.137. The Morgan fingerprint density at radius 1 is 1.32 bits per heavy atom. The maximum atomic E-state index is 10.6. The summed E-state index contributed by atoms with van der Waals surface area (Å²) >= 11 is 0. The van der Waals surface area contributed by atoms with Crippen LogP contribution in [-0.4, -0.2) is 40.6 Å². The second-order valence-corrected chi connectivity index (χ2v) is 7.47. The van der Waals surface area contributed by atoms with E-state index in [1.54, 1.807) is 0 Å². The number of carboxylic acids is 1. The van der Waals surface area contributed by atoms with Gasteiger partial charge in [-0.05, 0) is 25.3 Å². The molecule has 2 N–H and O–H groups in total. The maximum Gasteiger partial charge on any atom is 0.303 e. The molecule has 3 fully saturated rings. The second-order valence-electron chi connectivity index (χ2n) is 7.47. The van der Waals surface area contributed by atoms with Gasteiger partial charge in [-0.1, -0.05) is 38.3 Å². The van der Waals surface area contributed by atoms with Crippen LogP contribution in [0.2, 0.25) is 0 Å². The lowest BCUT2D eigenvalue weighted by Crippen LogP contribution is -2.28. The van der Waals surface area contributed by atoms with Crippen LogP contribution in [0, 0.1) is 11.8 Å². The van der Waals surface area contributed by atoms with Crippen LogP contribution < -0.4 is 0 Å². The Morgan fingerprint density at radius 3 is 2.92 bits per heavy atom. The van der Waals surface area contributed by atoms with Crippen LogP contribution in [0.25, 0.3) is 0 Å². The fourth-order valence-corrected chi connectivity index (χ4v) is 4.32. The third-order valence-corrected chi connectivity index (χ3v) is 5.58. The Morgan fingerprint density at radius 2 is 2.16 bits per heavy atom. The third-order valence-electron chi connectivity index (χ3n) is 5.58. The molecule has 5 heteroatoms. The monoisotopic (exact) mass is 350 g/mol. The van der Waals surface area contributed by atoms with Crippen molar-refractivity contribution in [2.24, 2.45) is 11.8 Å². The topological polar surface area (TPSA) is 76.0 Å². The van der Waals surface area contributed by atoms with Gasteiger partial charge in [-0.2, -0.15) is 0 Å². The van der Waals surface area contributed by atoms with Crippen molar-refractivity contribution in [2.45, 2.75) is 82.7 Å². The Hall–Kier alpha value is -1.33. The number of rotatable bonds is 10. The van der Waals surface area contributed by atoms with Crippen molar-refractivity contribution >= 4 is 5.97 Å². The zero-order valence-electron chi connectivity index (χ0n) is 15.0. The van der Waals surface area contributed by atoms with Gasteiger partial charge in [0, 0.05) is 18.8 Å². The van der Waals surface area contributed by atoms with Crippen molar-refractivity contribution in [3.63, 3.8) is 0 Å². The van der Waals surface area contributed by atoms with Gasteiger partial charge in [0.15, 0.2) is 0 Å². The number of aliphatic hydroxyl groups excluding tert-OH is 1. The summed E-state index contributed by atoms with van der Waals surface area (Å²) in [4.78, 5) is 10.6. The van der Waals surface area contributed by atoms with Crippen LogP contribution in [0.4, 0.5) is 0 Å². The van der Waals surface area contributed by atoms with E-state index in [1.165, 1.54) is 0 Å². The van der Waals surface area contributed by atoms with Crippen molar-refractivity contribution < 1.29 is 24.5 Å². The first-order chi connectivity index (χ1) is 12.1. The zero-order valence-corrected chi connectivity index (χ0v) is 15.0. The Kier molecular flexibility index (Phi) is 6.18. The summed E-state index contributed by atoms with van der Waals surface area (Å²) in [6.45, 7) is 2.16. The average molecular weight is 350 g/mol. The van der Waals surface area contributed by atoms with E-state index in [9.17, 15) is 9.90 Å². The normalized spacial score (nSPS) is 35.6. The summed E-state index contributed by atoms with van der Waals surface area (Å²) in [7, 11) is 0. The van der Waals surface area contributed by atoms with Crippen molar-refractivity contribution in [1.82, 2.24) is 0 Å². The number of aliphatic carboxylic acids is 1. The molecule has 3 aliphatic heterocycles. The fourth-order valence-electron chi connectivity index (χ4n) is 4.32. The molecule has 0 aromatic carbocycles. The molecule has 140 valence electrons. The predicted molar refractivity (Wildman–Crippen MR) is 94.0 cm³/mol. The minimum atomic E-state index is -0.757. The van der Waals surface area contributed by atoms with Crippen LogP contribution in [0.15, 0.2) is 24.0 Å². The number of allylic oxidation sites excluding steroid dienone is 1. The van der Waals surface area contributed by atoms with Gasteiger partial charge in [-0.25, -0.2) is 0 Å². The molecule has 0 unspecified atom stereocenters. The number of hydrogen-bond donors (Lipinski definition) is 2. The summed E-state index contributed by atoms with van der Waals surface area (Å²) in [5.41, 5.74) is 0. The van der Waals surface area contributed by atoms with E-state index in [0.717, 1.165) is 44.3 Å². The fraction of sp³-hybridized carbons (Fsp3) is 0.750. The molecule has 6 atom stereocenters. The average Bonchev–Trinajstić information content (AvgIpc) is 3.18. The van der Waals surface area contributed by atoms with Crippen LogP contribution in [0.1, 0.15) is 58.3 Å². The molecule has 3 aliphatic rings. The molecule has 0 radical (unpaired) electrons. The van der Waals surface area contributed by atoms with Gasteiger partial charge in [-0.15, -0.1) is 0 Å². The first-order valence-electron chi connectivity index (χ1n) is 9.70. The van der Waals surface area contributed by atoms with E-state index in [1.807, 2.05) is 6.08 Å². The summed E-state index contributed by atoms with van der Waals surface area (Å²) in [6.07, 6.45) is 12.8. The number of carboxylic acid groups (broad SMARTS) is 1. The summed E-state index contributed by atoms with van der Waals surface area (Å²) in [5, 5.41) is 18.9. The Balaban J connectivity index is 1.57. The smallest absolute Gasteiger partial charge is 0.303 e. The number of aliphatic hydroxyl groups is 1. The number of ether oxygens (including phenoxy) is 2. The molecule has 0 aromatic heterocycles. The van der Waals surface area contributed by atoms with E-state index in [4.69, 9.17) is 14.6 Å². The molecule has 2 bridgehead atoms. The highest BCUT2D eigenvalue weighted by atomic mass is 16.6. The van der Waals surface area contributed by atoms with E-state index in [2.05, 4.69) is 19.1 Å². The van der Waals surface area contributed by atoms with Crippen LogP contribution in [-0.2, 0) is 14.3 Å². The largest absolute Gasteiger partial charge is 0.492 e. The van der Waals surface area contributed by atoms with Gasteiger partial charge in [-0.3, -0.25) is 4.79 Å². The van der Waals surface area contributed by atoms with Gasteiger partial charge in [0.05, 0.1) is 23.9 Å². The molecule has 0 amide bonds. The Bertz CT molecular complexity index is 524. The Labute approximate surface area is 149 Å². The van der Waals surface area contributed by atoms with Gasteiger partial charge >= 0.3 is 5.97 Å². The van der Waals surface area contributed by atoms with E-state index in [-0.39, 0.29) is 42.7 Å². The van der Waals surface area contributed by atoms with Crippen molar-refractivity contribution in [1.29, 1.82) is 0 Å². The SMILES string of the molecule is CCCCC[C@@H](O)C=C[C@H]1[C@H]2C(=CCCCC(=O)O)O[C@H]3C[C@@H]1O[C@@H]23. The maximum absolute atomic E-state index is 10.6. The van der Waals surface area contributed by atoms with E-state index >= 15 is 0 Å². The van der Waals surface area contributed by atoms with Crippen LogP contribution in [0.5, 0.6) is 0 Å². The molecule has 3 heterocycles. The molecule has 3 saturated heterocycles.